The minimum Gasteiger partial charge on any atom is -0.508 e. The molecule has 0 heterocycles. The molecular weight excluding hydrogens is 181 g/mol. The van der Waals surface area contributed by atoms with Gasteiger partial charge in [-0.2, -0.15) is 0 Å². The Morgan fingerprint density at radius 1 is 1.43 bits per heavy atom. The monoisotopic (exact) mass is 197 g/mol. The van der Waals surface area contributed by atoms with Crippen LogP contribution in [-0.4, -0.2) is 5.11 Å². The zero-order valence-electron chi connectivity index (χ0n) is 8.71. The van der Waals surface area contributed by atoms with Gasteiger partial charge in [0.25, 0.3) is 0 Å². The Bertz CT molecular complexity index is 334. The summed E-state index contributed by atoms with van der Waals surface area (Å²) in [5, 5.41) is 9.06. The van der Waals surface area contributed by atoms with Gasteiger partial charge in [-0.25, -0.2) is 4.39 Å². The van der Waals surface area contributed by atoms with Crippen molar-refractivity contribution in [2.75, 3.05) is 0 Å². The van der Waals surface area contributed by atoms with Crippen LogP contribution in [0.4, 0.5) is 4.39 Å². The van der Waals surface area contributed by atoms with Gasteiger partial charge in [-0.05, 0) is 18.9 Å². The number of hydrogen-bond donors (Lipinski definition) is 2. The minimum absolute atomic E-state index is 0.0780. The molecular formula is C11H16FNO. The zero-order chi connectivity index (χ0) is 10.9. The van der Waals surface area contributed by atoms with Gasteiger partial charge in [0.15, 0.2) is 0 Å². The molecule has 3 N–H and O–H groups in total. The number of halogens is 1. The van der Waals surface area contributed by atoms with E-state index >= 15 is 0 Å². The lowest BCUT2D eigenvalue weighted by atomic mass is 9.82. The van der Waals surface area contributed by atoms with E-state index in [-0.39, 0.29) is 11.7 Å². The minimum atomic E-state index is -0.711. The molecule has 0 fully saturated rings. The molecule has 14 heavy (non-hydrogen) atoms. The average Bonchev–Trinajstić information content (AvgIpc) is 2.02. The molecule has 1 rings (SSSR count). The van der Waals surface area contributed by atoms with Crippen LogP contribution < -0.4 is 5.73 Å². The summed E-state index contributed by atoms with van der Waals surface area (Å²) < 4.78 is 13.5. The highest BCUT2D eigenvalue weighted by atomic mass is 19.1. The fourth-order valence-corrected chi connectivity index (χ4v) is 1.25. The standard InChI is InChI=1S/C11H16FNO/c1-7(2)11(3,13)9-5-4-8(14)6-10(9)12/h4-7,14H,13H2,1-3H3/t11-/m1/s1. The second-order valence-electron chi connectivity index (χ2n) is 4.10. The molecule has 0 spiro atoms. The molecule has 78 valence electrons. The van der Waals surface area contributed by atoms with Crippen LogP contribution in [0.5, 0.6) is 5.75 Å². The molecule has 0 saturated heterocycles. The largest absolute Gasteiger partial charge is 0.508 e. The predicted molar refractivity (Wildman–Crippen MR) is 54.4 cm³/mol. The van der Waals surface area contributed by atoms with Gasteiger partial charge in [0, 0.05) is 17.2 Å². The van der Waals surface area contributed by atoms with E-state index in [1.54, 1.807) is 6.92 Å². The lowest BCUT2D eigenvalue weighted by Gasteiger charge is -2.30. The highest BCUT2D eigenvalue weighted by Crippen LogP contribution is 2.29. The Hall–Kier alpha value is -1.09. The average molecular weight is 197 g/mol. The van der Waals surface area contributed by atoms with E-state index in [4.69, 9.17) is 10.8 Å². The first-order valence-corrected chi connectivity index (χ1v) is 4.63. The van der Waals surface area contributed by atoms with Crippen molar-refractivity contribution < 1.29 is 9.50 Å². The Morgan fingerprint density at radius 3 is 2.43 bits per heavy atom. The molecule has 3 heteroatoms. The summed E-state index contributed by atoms with van der Waals surface area (Å²) in [6.45, 7) is 5.66. The number of rotatable bonds is 2. The summed E-state index contributed by atoms with van der Waals surface area (Å²) in [6.07, 6.45) is 0. The maximum absolute atomic E-state index is 13.5. The Morgan fingerprint density at radius 2 is 2.00 bits per heavy atom. The van der Waals surface area contributed by atoms with Gasteiger partial charge in [0.2, 0.25) is 0 Å². The van der Waals surface area contributed by atoms with Crippen molar-refractivity contribution in [3.05, 3.63) is 29.6 Å². The molecule has 0 saturated carbocycles. The summed E-state index contributed by atoms with van der Waals surface area (Å²) >= 11 is 0. The third-order valence-corrected chi connectivity index (χ3v) is 2.73. The second-order valence-corrected chi connectivity index (χ2v) is 4.10. The van der Waals surface area contributed by atoms with Gasteiger partial charge >= 0.3 is 0 Å². The molecule has 0 aliphatic carbocycles. The van der Waals surface area contributed by atoms with Crippen LogP contribution in [0, 0.1) is 11.7 Å². The van der Waals surface area contributed by atoms with E-state index in [2.05, 4.69) is 0 Å². The van der Waals surface area contributed by atoms with Crippen molar-refractivity contribution in [2.24, 2.45) is 11.7 Å². The number of nitrogens with two attached hydrogens (primary N) is 1. The smallest absolute Gasteiger partial charge is 0.131 e. The Kier molecular flexibility index (Phi) is 2.81. The zero-order valence-corrected chi connectivity index (χ0v) is 8.71. The highest BCUT2D eigenvalue weighted by Gasteiger charge is 2.28. The van der Waals surface area contributed by atoms with Gasteiger partial charge < -0.3 is 10.8 Å². The van der Waals surface area contributed by atoms with Crippen molar-refractivity contribution >= 4 is 0 Å². The molecule has 2 nitrogen and oxygen atoms in total. The first-order chi connectivity index (χ1) is 6.35. The van der Waals surface area contributed by atoms with Crippen LogP contribution in [0.1, 0.15) is 26.3 Å². The van der Waals surface area contributed by atoms with E-state index in [0.29, 0.717) is 5.56 Å². The second kappa shape index (κ2) is 3.58. The Balaban J connectivity index is 3.19. The first kappa shape index (κ1) is 11.0. The van der Waals surface area contributed by atoms with Gasteiger partial charge in [0.1, 0.15) is 11.6 Å². The SMILES string of the molecule is CC(C)[C@@](C)(N)c1ccc(O)cc1F. The van der Waals surface area contributed by atoms with E-state index < -0.39 is 11.4 Å². The van der Waals surface area contributed by atoms with Crippen LogP contribution in [0.3, 0.4) is 0 Å². The van der Waals surface area contributed by atoms with E-state index in [9.17, 15) is 4.39 Å². The van der Waals surface area contributed by atoms with E-state index in [1.807, 2.05) is 13.8 Å². The Labute approximate surface area is 83.6 Å². The summed E-state index contributed by atoms with van der Waals surface area (Å²) in [5.41, 5.74) is 5.74. The number of hydrogen-bond acceptors (Lipinski definition) is 2. The van der Waals surface area contributed by atoms with Crippen molar-refractivity contribution in [2.45, 2.75) is 26.3 Å². The van der Waals surface area contributed by atoms with Crippen LogP contribution in [0.25, 0.3) is 0 Å². The third-order valence-electron chi connectivity index (χ3n) is 2.73. The summed E-state index contributed by atoms with van der Waals surface area (Å²) in [6, 6.07) is 4.07. The number of phenols is 1. The fourth-order valence-electron chi connectivity index (χ4n) is 1.25. The van der Waals surface area contributed by atoms with Crippen LogP contribution >= 0.6 is 0 Å². The molecule has 1 aromatic carbocycles. The molecule has 0 aliphatic rings. The van der Waals surface area contributed by atoms with Gasteiger partial charge in [-0.15, -0.1) is 0 Å². The van der Waals surface area contributed by atoms with Crippen LogP contribution in [-0.2, 0) is 5.54 Å². The third kappa shape index (κ3) is 1.87. The molecule has 0 aromatic heterocycles. The van der Waals surface area contributed by atoms with Crippen molar-refractivity contribution in [1.29, 1.82) is 0 Å². The van der Waals surface area contributed by atoms with Gasteiger partial charge in [-0.1, -0.05) is 19.9 Å². The lowest BCUT2D eigenvalue weighted by molar-refractivity contribution is 0.335. The summed E-state index contributed by atoms with van der Waals surface area (Å²) in [7, 11) is 0. The van der Waals surface area contributed by atoms with Crippen molar-refractivity contribution in [3.63, 3.8) is 0 Å². The quantitative estimate of drug-likeness (QED) is 0.764. The lowest BCUT2D eigenvalue weighted by Crippen LogP contribution is -2.39. The summed E-state index contributed by atoms with van der Waals surface area (Å²) in [4.78, 5) is 0. The first-order valence-electron chi connectivity index (χ1n) is 4.63. The van der Waals surface area contributed by atoms with Gasteiger partial charge in [0.05, 0.1) is 0 Å². The number of phenolic OH excluding ortho intramolecular Hbond substituents is 1. The maximum Gasteiger partial charge on any atom is 0.131 e. The number of benzene rings is 1. The maximum atomic E-state index is 13.5. The molecule has 0 aliphatic heterocycles. The van der Waals surface area contributed by atoms with Crippen molar-refractivity contribution in [3.8, 4) is 5.75 Å². The highest BCUT2D eigenvalue weighted by molar-refractivity contribution is 5.32. The molecule has 1 aromatic rings. The summed E-state index contributed by atoms with van der Waals surface area (Å²) in [5.74, 6) is -0.406. The molecule has 0 amide bonds. The van der Waals surface area contributed by atoms with Crippen molar-refractivity contribution in [1.82, 2.24) is 0 Å². The normalized spacial score (nSPS) is 15.6. The van der Waals surface area contributed by atoms with Crippen LogP contribution in [0.2, 0.25) is 0 Å². The molecule has 1 atom stereocenters. The van der Waals surface area contributed by atoms with E-state index in [1.165, 1.54) is 12.1 Å². The van der Waals surface area contributed by atoms with E-state index in [0.717, 1.165) is 6.07 Å². The topological polar surface area (TPSA) is 46.2 Å². The number of aromatic hydroxyl groups is 1. The molecule has 0 bridgehead atoms. The molecule has 0 radical (unpaired) electrons. The molecule has 0 unspecified atom stereocenters. The fraction of sp³-hybridized carbons (Fsp3) is 0.455. The van der Waals surface area contributed by atoms with Gasteiger partial charge in [-0.3, -0.25) is 0 Å². The van der Waals surface area contributed by atoms with Crippen LogP contribution in [0.15, 0.2) is 18.2 Å². The predicted octanol–water partition coefficient (Wildman–Crippen LogP) is 2.36.